The van der Waals surface area contributed by atoms with Crippen molar-refractivity contribution in [2.45, 2.75) is 82.2 Å². The maximum atomic E-state index is 14.5. The lowest BCUT2D eigenvalue weighted by Crippen LogP contribution is -2.44. The van der Waals surface area contributed by atoms with Crippen LogP contribution in [0.5, 0.6) is 5.75 Å². The predicted octanol–water partition coefficient (Wildman–Crippen LogP) is 6.56. The van der Waals surface area contributed by atoms with E-state index >= 15 is 0 Å². The van der Waals surface area contributed by atoms with Gasteiger partial charge in [0.05, 0.1) is 18.3 Å². The zero-order valence-electron chi connectivity index (χ0n) is 20.7. The fraction of sp³-hybridized carbons (Fsp3) is 0.625. The molecule has 0 aliphatic heterocycles. The van der Waals surface area contributed by atoms with Gasteiger partial charge in [0.25, 0.3) is 0 Å². The standard InChI is InChI=1S/C24H31F6NO5S/c1-5-7-17-12-13-22(6-2,14-17)34-15-20(25)24(29,30)37(32,33)36-31-21(23(26,27)28)18-8-10-19(11-9-18)35-16(3)4/h5,8-11,16-17,20H,1,6-7,12-15H2,2-4H3/b31-21+. The molecule has 0 amide bonds. The fourth-order valence-electron chi connectivity index (χ4n) is 4.06. The number of alkyl halides is 6. The Hall–Kier alpha value is -2.28. The third-order valence-electron chi connectivity index (χ3n) is 6.04. The molecule has 1 aliphatic carbocycles. The van der Waals surface area contributed by atoms with Crippen LogP contribution in [0.4, 0.5) is 26.3 Å². The second-order valence-corrected chi connectivity index (χ2v) is 10.8. The van der Waals surface area contributed by atoms with Crippen LogP contribution in [0.3, 0.4) is 0 Å². The van der Waals surface area contributed by atoms with Gasteiger partial charge in [-0.25, -0.2) is 4.39 Å². The van der Waals surface area contributed by atoms with Gasteiger partial charge in [0.2, 0.25) is 6.17 Å². The minimum absolute atomic E-state index is 0.171. The molecule has 1 aromatic carbocycles. The molecule has 1 aromatic rings. The molecule has 13 heteroatoms. The van der Waals surface area contributed by atoms with E-state index in [4.69, 9.17) is 9.47 Å². The number of benzene rings is 1. The largest absolute Gasteiger partial charge is 0.491 e. The molecule has 0 radical (unpaired) electrons. The van der Waals surface area contributed by atoms with Gasteiger partial charge in [0.15, 0.2) is 5.71 Å². The number of hydrogen-bond acceptors (Lipinski definition) is 6. The van der Waals surface area contributed by atoms with Gasteiger partial charge in [-0.3, -0.25) is 4.28 Å². The normalized spacial score (nSPS) is 22.2. The van der Waals surface area contributed by atoms with E-state index in [1.165, 1.54) is 0 Å². The number of hydrogen-bond donors (Lipinski definition) is 0. The van der Waals surface area contributed by atoms with Crippen molar-refractivity contribution in [1.82, 2.24) is 0 Å². The van der Waals surface area contributed by atoms with E-state index in [1.807, 2.05) is 0 Å². The average molecular weight is 560 g/mol. The first-order chi connectivity index (χ1) is 17.1. The van der Waals surface area contributed by atoms with Crippen LogP contribution in [-0.2, 0) is 19.1 Å². The molecule has 0 N–H and O–H groups in total. The summed E-state index contributed by atoms with van der Waals surface area (Å²) in [5, 5.41) is -2.79. The van der Waals surface area contributed by atoms with E-state index in [9.17, 15) is 34.8 Å². The Balaban J connectivity index is 2.17. The van der Waals surface area contributed by atoms with Crippen LogP contribution in [0.15, 0.2) is 42.1 Å². The quantitative estimate of drug-likeness (QED) is 0.118. The molecule has 6 nitrogen and oxygen atoms in total. The zero-order valence-corrected chi connectivity index (χ0v) is 21.5. The highest BCUT2D eigenvalue weighted by Crippen LogP contribution is 2.42. The van der Waals surface area contributed by atoms with Crippen molar-refractivity contribution in [3.63, 3.8) is 0 Å². The van der Waals surface area contributed by atoms with Crippen molar-refractivity contribution >= 4 is 15.8 Å². The first-order valence-corrected chi connectivity index (χ1v) is 13.1. The van der Waals surface area contributed by atoms with Crippen molar-refractivity contribution in [1.29, 1.82) is 0 Å². The third-order valence-corrected chi connectivity index (χ3v) is 7.23. The summed E-state index contributed by atoms with van der Waals surface area (Å²) < 4.78 is 122. The average Bonchev–Trinajstić information content (AvgIpc) is 3.21. The van der Waals surface area contributed by atoms with E-state index in [1.54, 1.807) is 26.8 Å². The van der Waals surface area contributed by atoms with E-state index in [0.29, 0.717) is 32.1 Å². The van der Waals surface area contributed by atoms with Crippen LogP contribution < -0.4 is 4.74 Å². The van der Waals surface area contributed by atoms with Crippen molar-refractivity contribution < 1.29 is 48.5 Å². The highest BCUT2D eigenvalue weighted by molar-refractivity contribution is 7.87. The molecule has 0 heterocycles. The molecule has 3 atom stereocenters. The minimum atomic E-state index is -6.25. The molecule has 37 heavy (non-hydrogen) atoms. The lowest BCUT2D eigenvalue weighted by molar-refractivity contribution is -0.106. The Morgan fingerprint density at radius 1 is 1.22 bits per heavy atom. The van der Waals surface area contributed by atoms with Gasteiger partial charge < -0.3 is 9.47 Å². The van der Waals surface area contributed by atoms with Crippen molar-refractivity contribution in [2.24, 2.45) is 11.1 Å². The van der Waals surface area contributed by atoms with Crippen LogP contribution in [0, 0.1) is 5.92 Å². The van der Waals surface area contributed by atoms with Gasteiger partial charge in [-0.05, 0) is 76.1 Å². The number of rotatable bonds is 13. The summed E-state index contributed by atoms with van der Waals surface area (Å²) >= 11 is 0. The number of nitrogens with zero attached hydrogens (tertiary/aromatic N) is 1. The third kappa shape index (κ3) is 7.86. The van der Waals surface area contributed by atoms with Gasteiger partial charge >= 0.3 is 21.5 Å². The molecule has 0 bridgehead atoms. The summed E-state index contributed by atoms with van der Waals surface area (Å²) in [6, 6.07) is 4.10. The van der Waals surface area contributed by atoms with Crippen molar-refractivity contribution in [2.75, 3.05) is 6.61 Å². The molecule has 3 unspecified atom stereocenters. The Kier molecular flexibility index (Phi) is 10.1. The highest BCUT2D eigenvalue weighted by Gasteiger charge is 2.57. The van der Waals surface area contributed by atoms with Crippen LogP contribution in [0.25, 0.3) is 0 Å². The van der Waals surface area contributed by atoms with Gasteiger partial charge in [0.1, 0.15) is 5.75 Å². The lowest BCUT2D eigenvalue weighted by atomic mass is 9.95. The summed E-state index contributed by atoms with van der Waals surface area (Å²) in [6.07, 6.45) is -4.59. The maximum Gasteiger partial charge on any atom is 0.437 e. The van der Waals surface area contributed by atoms with Gasteiger partial charge in [0, 0.05) is 5.56 Å². The van der Waals surface area contributed by atoms with Crippen LogP contribution >= 0.6 is 0 Å². The second kappa shape index (κ2) is 12.1. The first-order valence-electron chi connectivity index (χ1n) is 11.7. The first kappa shape index (κ1) is 30.9. The number of ether oxygens (including phenoxy) is 2. The van der Waals surface area contributed by atoms with Gasteiger partial charge in [-0.15, -0.1) is 6.58 Å². The van der Waals surface area contributed by atoms with E-state index in [0.717, 1.165) is 24.3 Å². The van der Waals surface area contributed by atoms with E-state index in [-0.39, 0.29) is 17.8 Å². The summed E-state index contributed by atoms with van der Waals surface area (Å²) in [5.41, 5.74) is -3.49. The number of oxime groups is 1. The maximum absolute atomic E-state index is 14.5. The topological polar surface area (TPSA) is 74.2 Å². The van der Waals surface area contributed by atoms with Crippen LogP contribution in [-0.4, -0.2) is 50.0 Å². The van der Waals surface area contributed by atoms with Crippen molar-refractivity contribution in [3.8, 4) is 5.75 Å². The monoisotopic (exact) mass is 559 g/mol. The molecule has 0 spiro atoms. The summed E-state index contributed by atoms with van der Waals surface area (Å²) in [7, 11) is -6.25. The summed E-state index contributed by atoms with van der Waals surface area (Å²) in [6.45, 7) is 7.46. The molecule has 0 aromatic heterocycles. The summed E-state index contributed by atoms with van der Waals surface area (Å²) in [4.78, 5) is 0. The number of allylic oxidation sites excluding steroid dienone is 1. The van der Waals surface area contributed by atoms with Crippen molar-refractivity contribution in [3.05, 3.63) is 42.5 Å². The van der Waals surface area contributed by atoms with Crippen LogP contribution in [0.2, 0.25) is 0 Å². The van der Waals surface area contributed by atoms with Gasteiger partial charge in [-0.1, -0.05) is 18.2 Å². The Morgan fingerprint density at radius 3 is 2.35 bits per heavy atom. The van der Waals surface area contributed by atoms with E-state index in [2.05, 4.69) is 16.0 Å². The molecule has 1 fully saturated rings. The van der Waals surface area contributed by atoms with E-state index < -0.39 is 51.2 Å². The Labute approximate surface area is 212 Å². The Morgan fingerprint density at radius 2 is 1.84 bits per heavy atom. The van der Waals surface area contributed by atoms with Crippen LogP contribution in [0.1, 0.15) is 58.4 Å². The highest BCUT2D eigenvalue weighted by atomic mass is 32.2. The molecular formula is C24H31F6NO5S. The fourth-order valence-corrected chi connectivity index (χ4v) is 4.71. The minimum Gasteiger partial charge on any atom is -0.491 e. The molecule has 210 valence electrons. The lowest BCUT2D eigenvalue weighted by Gasteiger charge is -2.30. The molecule has 1 aliphatic rings. The number of halogens is 6. The predicted molar refractivity (Wildman–Crippen MR) is 126 cm³/mol. The molecule has 0 saturated heterocycles. The van der Waals surface area contributed by atoms with Gasteiger partial charge in [-0.2, -0.15) is 30.4 Å². The second-order valence-electron chi connectivity index (χ2n) is 9.17. The SMILES string of the molecule is C=CCC1CCC(CC)(OCC(F)C(F)(F)S(=O)(=O)O/N=C(\c2ccc(OC(C)C)cc2)C(F)(F)F)C1. The molecule has 1 saturated carbocycles. The zero-order chi connectivity index (χ0) is 28.1. The summed E-state index contributed by atoms with van der Waals surface area (Å²) in [5.74, 6) is 0.382. The Bertz CT molecular complexity index is 1040. The smallest absolute Gasteiger partial charge is 0.437 e. The molecule has 2 rings (SSSR count). The molecular weight excluding hydrogens is 528 g/mol.